The van der Waals surface area contributed by atoms with E-state index in [1.165, 1.54) is 6.39 Å². The first kappa shape index (κ1) is 16.4. The molecule has 1 aromatic carbocycles. The van der Waals surface area contributed by atoms with Gasteiger partial charge in [0.25, 0.3) is 11.8 Å². The zero-order chi connectivity index (χ0) is 18.3. The number of rotatable bonds is 4. The summed E-state index contributed by atoms with van der Waals surface area (Å²) in [6, 6.07) is 5.25. The maximum atomic E-state index is 12.6. The van der Waals surface area contributed by atoms with Crippen molar-refractivity contribution in [2.24, 2.45) is 0 Å². The van der Waals surface area contributed by atoms with Crippen LogP contribution in [0.1, 0.15) is 52.2 Å². The first-order chi connectivity index (χ1) is 12.5. The number of aromatic nitrogens is 3. The molecule has 1 amide bonds. The van der Waals surface area contributed by atoms with Crippen LogP contribution < -0.4 is 5.32 Å². The highest BCUT2D eigenvalue weighted by Crippen LogP contribution is 2.34. The van der Waals surface area contributed by atoms with Crippen molar-refractivity contribution in [1.29, 1.82) is 0 Å². The summed E-state index contributed by atoms with van der Waals surface area (Å²) in [5, 5.41) is 6.52. The Labute approximate surface area is 146 Å². The number of halogens is 2. The monoisotopic (exact) mass is 360 g/mol. The van der Waals surface area contributed by atoms with Gasteiger partial charge in [0.2, 0.25) is 11.6 Å². The number of amides is 1. The van der Waals surface area contributed by atoms with Crippen molar-refractivity contribution in [3.05, 3.63) is 53.1 Å². The number of nitrogens with zero attached hydrogens (tertiary/aromatic N) is 3. The summed E-state index contributed by atoms with van der Waals surface area (Å²) in [4.78, 5) is 19.9. The van der Waals surface area contributed by atoms with Crippen LogP contribution in [0.2, 0.25) is 0 Å². The third kappa shape index (κ3) is 2.85. The Balaban J connectivity index is 1.54. The normalized spacial score (nSPS) is 16.1. The van der Waals surface area contributed by atoms with Crippen LogP contribution in [0, 0.1) is 6.92 Å². The first-order valence-corrected chi connectivity index (χ1v) is 7.99. The summed E-state index contributed by atoms with van der Waals surface area (Å²) in [6.07, 6.45) is -0.0997. The van der Waals surface area contributed by atoms with Crippen LogP contribution in [0.4, 0.5) is 8.78 Å². The van der Waals surface area contributed by atoms with E-state index in [0.29, 0.717) is 11.3 Å². The summed E-state index contributed by atoms with van der Waals surface area (Å²) in [6.45, 7) is 1.70. The maximum Gasteiger partial charge on any atom is 0.315 e. The molecule has 0 bridgehead atoms. The number of hydrogen-bond donors (Lipinski definition) is 1. The van der Waals surface area contributed by atoms with Gasteiger partial charge in [0.15, 0.2) is 6.39 Å². The fourth-order valence-corrected chi connectivity index (χ4v) is 3.09. The first-order valence-electron chi connectivity index (χ1n) is 7.99. The molecule has 0 spiro atoms. The highest BCUT2D eigenvalue weighted by molar-refractivity contribution is 5.92. The van der Waals surface area contributed by atoms with E-state index in [-0.39, 0.29) is 23.5 Å². The average Bonchev–Trinajstić information content (AvgIpc) is 3.34. The molecule has 1 unspecified atom stereocenters. The van der Waals surface area contributed by atoms with Crippen LogP contribution in [0.3, 0.4) is 0 Å². The number of alkyl halides is 2. The molecular weight excluding hydrogens is 346 g/mol. The van der Waals surface area contributed by atoms with Crippen molar-refractivity contribution in [3.8, 4) is 11.4 Å². The van der Waals surface area contributed by atoms with E-state index < -0.39 is 12.3 Å². The van der Waals surface area contributed by atoms with E-state index in [9.17, 15) is 13.6 Å². The molecular formula is C17H14F2N4O3. The lowest BCUT2D eigenvalue weighted by molar-refractivity contribution is 0.0907. The second kappa shape index (κ2) is 6.32. The van der Waals surface area contributed by atoms with Crippen LogP contribution >= 0.6 is 0 Å². The largest absolute Gasteiger partial charge is 0.438 e. The molecule has 0 fully saturated rings. The number of fused-ring (bicyclic) bond motifs is 1. The van der Waals surface area contributed by atoms with E-state index in [0.717, 1.165) is 24.0 Å². The van der Waals surface area contributed by atoms with Crippen molar-refractivity contribution in [1.82, 2.24) is 20.4 Å². The van der Waals surface area contributed by atoms with Gasteiger partial charge >= 0.3 is 6.43 Å². The second-order valence-electron chi connectivity index (χ2n) is 6.00. The van der Waals surface area contributed by atoms with Crippen molar-refractivity contribution < 1.29 is 22.5 Å². The number of oxazole rings is 1. The predicted octanol–water partition coefficient (Wildman–Crippen LogP) is 3.39. The number of hydrogen-bond acceptors (Lipinski definition) is 6. The molecule has 1 aliphatic carbocycles. The van der Waals surface area contributed by atoms with Gasteiger partial charge in [-0.2, -0.15) is 13.8 Å². The molecule has 0 saturated carbocycles. The molecule has 3 aromatic rings. The molecule has 0 radical (unpaired) electrons. The molecule has 1 N–H and O–H groups in total. The van der Waals surface area contributed by atoms with Crippen LogP contribution in [-0.4, -0.2) is 21.0 Å². The number of carbonyl (C=O) groups is 1. The quantitative estimate of drug-likeness (QED) is 0.766. The van der Waals surface area contributed by atoms with E-state index in [1.54, 1.807) is 13.0 Å². The minimum Gasteiger partial charge on any atom is -0.438 e. The van der Waals surface area contributed by atoms with Gasteiger partial charge < -0.3 is 14.3 Å². The maximum absolute atomic E-state index is 12.6. The molecule has 7 nitrogen and oxygen atoms in total. The SMILES string of the molecule is Cc1ncoc1C(=O)NC1CCc2cc(-c3noc(C(F)F)n3)ccc21. The number of nitrogens with one attached hydrogen (secondary N) is 1. The van der Waals surface area contributed by atoms with Crippen LogP contribution in [0.15, 0.2) is 33.5 Å². The Kier molecular flexibility index (Phi) is 3.98. The number of aryl methyl sites for hydroxylation is 2. The van der Waals surface area contributed by atoms with E-state index in [4.69, 9.17) is 4.42 Å². The lowest BCUT2D eigenvalue weighted by Gasteiger charge is -2.13. The molecule has 1 atom stereocenters. The molecule has 1 aliphatic rings. The highest BCUT2D eigenvalue weighted by atomic mass is 19.3. The third-order valence-electron chi connectivity index (χ3n) is 4.36. The van der Waals surface area contributed by atoms with Crippen LogP contribution in [-0.2, 0) is 6.42 Å². The van der Waals surface area contributed by atoms with Gasteiger partial charge in [0, 0.05) is 5.56 Å². The summed E-state index contributed by atoms with van der Waals surface area (Å²) >= 11 is 0. The lowest BCUT2D eigenvalue weighted by Crippen LogP contribution is -2.27. The molecule has 0 aliphatic heterocycles. The molecule has 2 aromatic heterocycles. The molecule has 2 heterocycles. The summed E-state index contributed by atoms with van der Waals surface area (Å²) < 4.78 is 34.8. The van der Waals surface area contributed by atoms with Gasteiger partial charge in [-0.1, -0.05) is 17.3 Å². The predicted molar refractivity (Wildman–Crippen MR) is 84.5 cm³/mol. The number of carbonyl (C=O) groups excluding carboxylic acids is 1. The molecule has 134 valence electrons. The Hall–Kier alpha value is -3.10. The third-order valence-corrected chi connectivity index (χ3v) is 4.36. The zero-order valence-electron chi connectivity index (χ0n) is 13.7. The van der Waals surface area contributed by atoms with Gasteiger partial charge in [-0.05, 0) is 37.0 Å². The summed E-state index contributed by atoms with van der Waals surface area (Å²) in [7, 11) is 0. The van der Waals surface area contributed by atoms with Gasteiger partial charge in [-0.25, -0.2) is 4.98 Å². The topological polar surface area (TPSA) is 94.1 Å². The standard InChI is InChI=1S/C17H14F2N4O3/c1-8-13(25-7-20-8)16(24)21-12-5-3-9-6-10(2-4-11(9)12)15-22-17(14(18)19)26-23-15/h2,4,6-7,12,14H,3,5H2,1H3,(H,21,24). The van der Waals surface area contributed by atoms with Crippen molar-refractivity contribution in [3.63, 3.8) is 0 Å². The highest BCUT2D eigenvalue weighted by Gasteiger charge is 2.27. The Morgan fingerprint density at radius 3 is 2.92 bits per heavy atom. The lowest BCUT2D eigenvalue weighted by atomic mass is 10.0. The van der Waals surface area contributed by atoms with Gasteiger partial charge in [-0.3, -0.25) is 4.79 Å². The van der Waals surface area contributed by atoms with Crippen LogP contribution in [0.5, 0.6) is 0 Å². The van der Waals surface area contributed by atoms with Crippen molar-refractivity contribution >= 4 is 5.91 Å². The minimum absolute atomic E-state index is 0.118. The fraction of sp³-hybridized carbons (Fsp3) is 0.294. The van der Waals surface area contributed by atoms with Crippen molar-refractivity contribution in [2.45, 2.75) is 32.2 Å². The van der Waals surface area contributed by atoms with Crippen molar-refractivity contribution in [2.75, 3.05) is 0 Å². The molecule has 9 heteroatoms. The Bertz CT molecular complexity index is 967. The molecule has 4 rings (SSSR count). The fourth-order valence-electron chi connectivity index (χ4n) is 3.09. The number of benzene rings is 1. The summed E-state index contributed by atoms with van der Waals surface area (Å²) in [5.41, 5.74) is 3.10. The zero-order valence-corrected chi connectivity index (χ0v) is 13.7. The smallest absolute Gasteiger partial charge is 0.315 e. The summed E-state index contributed by atoms with van der Waals surface area (Å²) in [5.74, 6) is -0.705. The Morgan fingerprint density at radius 1 is 1.38 bits per heavy atom. The average molecular weight is 360 g/mol. The van der Waals surface area contributed by atoms with Gasteiger partial charge in [0.05, 0.1) is 11.7 Å². The van der Waals surface area contributed by atoms with E-state index in [1.807, 2.05) is 12.1 Å². The van der Waals surface area contributed by atoms with Gasteiger partial charge in [0.1, 0.15) is 0 Å². The second-order valence-corrected chi connectivity index (χ2v) is 6.00. The Morgan fingerprint density at radius 2 is 2.23 bits per heavy atom. The van der Waals surface area contributed by atoms with Crippen LogP contribution in [0.25, 0.3) is 11.4 Å². The van der Waals surface area contributed by atoms with E-state index in [2.05, 4.69) is 25.0 Å². The minimum atomic E-state index is -2.80. The van der Waals surface area contributed by atoms with E-state index >= 15 is 0 Å². The molecule has 0 saturated heterocycles. The molecule has 26 heavy (non-hydrogen) atoms. The van der Waals surface area contributed by atoms with Gasteiger partial charge in [-0.15, -0.1) is 0 Å².